The third-order valence-electron chi connectivity index (χ3n) is 8.02. The maximum atomic E-state index is 13.3. The second-order valence-corrected chi connectivity index (χ2v) is 9.96. The highest BCUT2D eigenvalue weighted by Gasteiger charge is 2.73. The highest BCUT2D eigenvalue weighted by atomic mass is 16.5. The lowest BCUT2D eigenvalue weighted by Gasteiger charge is -2.49. The first kappa shape index (κ1) is 22.7. The molecule has 2 unspecified atom stereocenters. The number of benzene rings is 1. The Morgan fingerprint density at radius 2 is 1.89 bits per heavy atom. The molecule has 0 saturated carbocycles. The SMILES string of the molecule is NC1=N[C@H]2C(CN3C(=O)CCC3=O)N=C(N)N3CC(NC(=O)c4cccc5c4CCC5)C(O)(O)[C@]23N1. The van der Waals surface area contributed by atoms with Crippen molar-refractivity contribution in [2.75, 3.05) is 13.1 Å². The summed E-state index contributed by atoms with van der Waals surface area (Å²) in [5.74, 6) is -3.80. The topological polar surface area (TPSA) is 199 Å². The molecule has 1 aromatic rings. The molecule has 0 bridgehead atoms. The molecule has 1 aliphatic carbocycles. The number of imide groups is 1. The standard InChI is InChI=1S/C23H28N8O5/c24-20-28-18-14(9-30-16(32)7-8-17(30)33)26-21(25)31-10-15(23(35,36)22(18,31)29-20)27-19(34)13-6-2-4-11-3-1-5-12(11)13/h2,4,6,14-15,18,35-36H,1,3,5,7-10H2,(H2,25,26)(H,27,34)(H3,24,28,29)/t14?,15?,18-,22-/m0/s1. The molecule has 36 heavy (non-hydrogen) atoms. The van der Waals surface area contributed by atoms with Crippen LogP contribution < -0.4 is 22.1 Å². The number of carbonyl (C=O) groups is 3. The highest BCUT2D eigenvalue weighted by Crippen LogP contribution is 2.45. The fraction of sp³-hybridized carbons (Fsp3) is 0.522. The van der Waals surface area contributed by atoms with Gasteiger partial charge in [-0.15, -0.1) is 0 Å². The number of guanidine groups is 2. The van der Waals surface area contributed by atoms with Crippen molar-refractivity contribution < 1.29 is 24.6 Å². The molecule has 4 heterocycles. The number of hydrogen-bond donors (Lipinski definition) is 6. The van der Waals surface area contributed by atoms with Crippen LogP contribution in [-0.2, 0) is 22.4 Å². The predicted octanol–water partition coefficient (Wildman–Crippen LogP) is -2.90. The normalized spacial score (nSPS) is 32.0. The molecule has 13 heteroatoms. The summed E-state index contributed by atoms with van der Waals surface area (Å²) in [5.41, 5.74) is 13.1. The maximum Gasteiger partial charge on any atom is 0.252 e. The quantitative estimate of drug-likeness (QED) is 0.187. The number of aryl methyl sites for hydroxylation is 1. The molecule has 6 rings (SSSR count). The number of aliphatic imine (C=N–C) groups is 2. The van der Waals surface area contributed by atoms with Crippen molar-refractivity contribution in [1.29, 1.82) is 0 Å². The largest absolute Gasteiger partial charge is 0.370 e. The Labute approximate surface area is 206 Å². The van der Waals surface area contributed by atoms with E-state index in [-0.39, 0.29) is 49.7 Å². The number of fused-ring (bicyclic) bond motifs is 1. The number of nitrogens with two attached hydrogens (primary N) is 2. The average Bonchev–Trinajstić information content (AvgIpc) is 3.57. The molecule has 1 aromatic carbocycles. The zero-order chi connectivity index (χ0) is 25.4. The lowest BCUT2D eigenvalue weighted by atomic mass is 9.84. The lowest BCUT2D eigenvalue weighted by molar-refractivity contribution is -0.230. The first-order chi connectivity index (χ1) is 17.1. The second kappa shape index (κ2) is 7.64. The van der Waals surface area contributed by atoms with Gasteiger partial charge in [0, 0.05) is 24.9 Å². The van der Waals surface area contributed by atoms with Crippen LogP contribution >= 0.6 is 0 Å². The van der Waals surface area contributed by atoms with Crippen LogP contribution in [0.5, 0.6) is 0 Å². The van der Waals surface area contributed by atoms with E-state index in [4.69, 9.17) is 11.5 Å². The fourth-order valence-electron chi connectivity index (χ4n) is 6.32. The monoisotopic (exact) mass is 496 g/mol. The molecule has 0 radical (unpaired) electrons. The van der Waals surface area contributed by atoms with Crippen LogP contribution in [0.1, 0.15) is 40.7 Å². The smallest absolute Gasteiger partial charge is 0.252 e. The van der Waals surface area contributed by atoms with Gasteiger partial charge < -0.3 is 37.2 Å². The van der Waals surface area contributed by atoms with Crippen LogP contribution in [0.2, 0.25) is 0 Å². The summed E-state index contributed by atoms with van der Waals surface area (Å²) in [6, 6.07) is 2.50. The van der Waals surface area contributed by atoms with Gasteiger partial charge in [0.2, 0.25) is 17.6 Å². The molecule has 2 saturated heterocycles. The van der Waals surface area contributed by atoms with Crippen molar-refractivity contribution in [2.24, 2.45) is 21.5 Å². The number of rotatable bonds is 4. The third-order valence-corrected chi connectivity index (χ3v) is 8.02. The maximum absolute atomic E-state index is 13.3. The Morgan fingerprint density at radius 3 is 2.64 bits per heavy atom. The zero-order valence-electron chi connectivity index (χ0n) is 19.5. The van der Waals surface area contributed by atoms with Crippen molar-refractivity contribution in [3.63, 3.8) is 0 Å². The van der Waals surface area contributed by atoms with Crippen molar-refractivity contribution in [3.8, 4) is 0 Å². The van der Waals surface area contributed by atoms with Crippen molar-refractivity contribution in [1.82, 2.24) is 20.4 Å². The third kappa shape index (κ3) is 2.99. The fourth-order valence-corrected chi connectivity index (χ4v) is 6.32. The molecule has 3 amide bonds. The van der Waals surface area contributed by atoms with Crippen molar-refractivity contribution in [3.05, 3.63) is 34.9 Å². The van der Waals surface area contributed by atoms with Gasteiger partial charge in [0.25, 0.3) is 5.91 Å². The summed E-state index contributed by atoms with van der Waals surface area (Å²) >= 11 is 0. The van der Waals surface area contributed by atoms with Crippen LogP contribution in [0, 0.1) is 0 Å². The molecule has 4 atom stereocenters. The summed E-state index contributed by atoms with van der Waals surface area (Å²) < 4.78 is 0. The number of nitrogens with one attached hydrogen (secondary N) is 2. The van der Waals surface area contributed by atoms with Gasteiger partial charge in [0.15, 0.2) is 17.6 Å². The van der Waals surface area contributed by atoms with E-state index in [0.717, 1.165) is 35.3 Å². The molecular weight excluding hydrogens is 468 g/mol. The van der Waals surface area contributed by atoms with Crippen LogP contribution in [0.25, 0.3) is 0 Å². The molecule has 1 spiro atoms. The van der Waals surface area contributed by atoms with E-state index in [1.54, 1.807) is 6.07 Å². The van der Waals surface area contributed by atoms with E-state index in [9.17, 15) is 24.6 Å². The van der Waals surface area contributed by atoms with Crippen LogP contribution in [0.15, 0.2) is 28.2 Å². The van der Waals surface area contributed by atoms with Crippen molar-refractivity contribution in [2.45, 2.75) is 61.7 Å². The molecule has 13 nitrogen and oxygen atoms in total. The Bertz CT molecular complexity index is 1230. The summed E-state index contributed by atoms with van der Waals surface area (Å²) in [6.45, 7) is -0.204. The van der Waals surface area contributed by atoms with Gasteiger partial charge in [-0.3, -0.25) is 19.3 Å². The minimum absolute atomic E-state index is 0.0439. The van der Waals surface area contributed by atoms with E-state index in [0.29, 0.717) is 5.56 Å². The number of amides is 3. The summed E-state index contributed by atoms with van der Waals surface area (Å²) in [6.07, 6.45) is 2.86. The van der Waals surface area contributed by atoms with E-state index >= 15 is 0 Å². The van der Waals surface area contributed by atoms with Crippen molar-refractivity contribution >= 4 is 29.6 Å². The number of hydrogen-bond acceptors (Lipinski definition) is 11. The average molecular weight is 497 g/mol. The first-order valence-corrected chi connectivity index (χ1v) is 12.1. The molecule has 4 aliphatic heterocycles. The summed E-state index contributed by atoms with van der Waals surface area (Å²) in [5, 5.41) is 28.8. The molecular formula is C23H28N8O5. The lowest BCUT2D eigenvalue weighted by Crippen LogP contribution is -2.78. The first-order valence-electron chi connectivity index (χ1n) is 12.1. The molecule has 8 N–H and O–H groups in total. The minimum atomic E-state index is -2.59. The summed E-state index contributed by atoms with van der Waals surface area (Å²) in [7, 11) is 0. The molecule has 0 aromatic heterocycles. The van der Waals surface area contributed by atoms with Crippen LogP contribution in [0.3, 0.4) is 0 Å². The Morgan fingerprint density at radius 1 is 1.14 bits per heavy atom. The predicted molar refractivity (Wildman–Crippen MR) is 126 cm³/mol. The molecule has 190 valence electrons. The van der Waals surface area contributed by atoms with Gasteiger partial charge in [-0.1, -0.05) is 12.1 Å². The van der Waals surface area contributed by atoms with Gasteiger partial charge in [0.1, 0.15) is 12.1 Å². The summed E-state index contributed by atoms with van der Waals surface area (Å²) in [4.78, 5) is 49.1. The van der Waals surface area contributed by atoms with Gasteiger partial charge in [-0.05, 0) is 36.5 Å². The van der Waals surface area contributed by atoms with Crippen LogP contribution in [0.4, 0.5) is 0 Å². The second-order valence-electron chi connectivity index (χ2n) is 9.96. The number of nitrogens with zero attached hydrogens (tertiary/aromatic N) is 4. The minimum Gasteiger partial charge on any atom is -0.370 e. The zero-order valence-corrected chi connectivity index (χ0v) is 19.5. The highest BCUT2D eigenvalue weighted by molar-refractivity contribution is 6.02. The molecule has 5 aliphatic rings. The Balaban J connectivity index is 1.32. The number of likely N-dealkylation sites (tertiary alicyclic amines) is 1. The van der Waals surface area contributed by atoms with Gasteiger partial charge in [-0.25, -0.2) is 9.98 Å². The number of carbonyl (C=O) groups excluding carboxylic acids is 3. The van der Waals surface area contributed by atoms with Crippen LogP contribution in [-0.4, -0.2) is 92.3 Å². The number of aliphatic hydroxyl groups is 2. The van der Waals surface area contributed by atoms with E-state index in [1.165, 1.54) is 4.90 Å². The van der Waals surface area contributed by atoms with E-state index < -0.39 is 35.5 Å². The van der Waals surface area contributed by atoms with Gasteiger partial charge in [0.05, 0.1) is 12.6 Å². The van der Waals surface area contributed by atoms with E-state index in [1.807, 2.05) is 12.1 Å². The molecule has 2 fully saturated rings. The van der Waals surface area contributed by atoms with Gasteiger partial charge in [-0.2, -0.15) is 0 Å². The van der Waals surface area contributed by atoms with Gasteiger partial charge >= 0.3 is 0 Å². The van der Waals surface area contributed by atoms with E-state index in [2.05, 4.69) is 20.6 Å². The Kier molecular flexibility index (Phi) is 4.83. The Hall–Kier alpha value is -3.71.